The zero-order valence-electron chi connectivity index (χ0n) is 41.0. The van der Waals surface area contributed by atoms with E-state index in [1.807, 2.05) is 0 Å². The van der Waals surface area contributed by atoms with E-state index in [1.54, 1.807) is 0 Å². The molecule has 1 amide bonds. The third kappa shape index (κ3) is 30.5. The molecule has 388 valence electrons. The first-order chi connectivity index (χ1) is 31.3. The molecule has 0 heterocycles. The third-order valence-electron chi connectivity index (χ3n) is 13.4. The molecule has 1 saturated carbocycles. The normalized spacial score (nSPS) is 22.9. The van der Waals surface area contributed by atoms with E-state index in [0.717, 1.165) is 51.4 Å². The van der Waals surface area contributed by atoms with Crippen LogP contribution in [0.25, 0.3) is 0 Å². The largest absolute Gasteiger partial charge is 0.472 e. The number of unbranched alkanes of at least 4 members (excludes halogenated alkanes) is 32. The van der Waals surface area contributed by atoms with Crippen molar-refractivity contribution in [1.29, 1.82) is 0 Å². The lowest BCUT2D eigenvalue weighted by Gasteiger charge is -2.41. The van der Waals surface area contributed by atoms with Crippen LogP contribution >= 0.6 is 7.82 Å². The standard InChI is InChI=1S/C50H100NO13P/c1-3-5-7-9-11-13-15-17-19-20-21-22-23-24-26-28-30-32-34-36-38-42(53)50(60)51-40(39-63-65(61,62)64-49-47(58)45(56)44(55)46(57)48(49)59)43(54)41(52)37-35-33-31-29-27-25-18-16-14-12-10-8-6-4-2/h40-49,52-59H,3-39H2,1-2H3,(H,51,60)(H,61,62)/t40-,41+,42?,43-,44?,45+,46?,47?,48?,49?/m0/s1. The lowest BCUT2D eigenvalue weighted by atomic mass is 9.85. The highest BCUT2D eigenvalue weighted by Gasteiger charge is 2.51. The Hall–Kier alpha value is -0.740. The highest BCUT2D eigenvalue weighted by Crippen LogP contribution is 2.47. The first-order valence-corrected chi connectivity index (χ1v) is 28.2. The van der Waals surface area contributed by atoms with Crippen LogP contribution in [0.5, 0.6) is 0 Å². The lowest BCUT2D eigenvalue weighted by molar-refractivity contribution is -0.220. The first-order valence-electron chi connectivity index (χ1n) is 26.7. The highest BCUT2D eigenvalue weighted by molar-refractivity contribution is 7.47. The molecular weight excluding hydrogens is 854 g/mol. The summed E-state index contributed by atoms with van der Waals surface area (Å²) < 4.78 is 22.9. The number of carbonyl (C=O) groups is 1. The van der Waals surface area contributed by atoms with Crippen molar-refractivity contribution in [3.8, 4) is 0 Å². The summed E-state index contributed by atoms with van der Waals surface area (Å²) in [5.74, 6) is -0.855. The van der Waals surface area contributed by atoms with Crippen molar-refractivity contribution in [2.24, 2.45) is 0 Å². The van der Waals surface area contributed by atoms with E-state index in [9.17, 15) is 55.1 Å². The Morgan fingerprint density at radius 2 is 0.769 bits per heavy atom. The van der Waals surface area contributed by atoms with Crippen LogP contribution in [0.2, 0.25) is 0 Å². The summed E-state index contributed by atoms with van der Waals surface area (Å²) in [6.45, 7) is 3.61. The molecule has 0 saturated heterocycles. The molecule has 1 aliphatic rings. The maximum atomic E-state index is 13.1. The van der Waals surface area contributed by atoms with Gasteiger partial charge in [-0.1, -0.05) is 232 Å². The van der Waals surface area contributed by atoms with Crippen molar-refractivity contribution in [2.75, 3.05) is 6.61 Å². The predicted octanol–water partition coefficient (Wildman–Crippen LogP) is 8.96. The molecule has 10 N–H and O–H groups in total. The maximum Gasteiger partial charge on any atom is 0.472 e. The summed E-state index contributed by atoms with van der Waals surface area (Å²) >= 11 is 0. The molecule has 0 radical (unpaired) electrons. The molecule has 0 aromatic heterocycles. The molecule has 0 spiro atoms. The van der Waals surface area contributed by atoms with Gasteiger partial charge in [-0.15, -0.1) is 0 Å². The molecule has 15 heteroatoms. The Kier molecular flexibility index (Phi) is 38.4. The average molecular weight is 954 g/mol. The summed E-state index contributed by atoms with van der Waals surface area (Å²) in [5, 5.41) is 85.7. The monoisotopic (exact) mass is 954 g/mol. The van der Waals surface area contributed by atoms with Gasteiger partial charge in [-0.2, -0.15) is 0 Å². The molecule has 1 rings (SSSR count). The SMILES string of the molecule is CCCCCCCCCCCCCCCCCCCCCCC(O)C(=O)N[C@@H](COP(=O)(O)OC1C(O)C(O)C(O)[C@@H](O)C1O)[C@H](O)[C@H](O)CCCCCCCCCCCCCCCC. The van der Waals surface area contributed by atoms with Crippen LogP contribution in [0, 0.1) is 0 Å². The molecule has 1 aliphatic carbocycles. The van der Waals surface area contributed by atoms with Gasteiger partial charge in [0.2, 0.25) is 5.91 Å². The average Bonchev–Trinajstić information content (AvgIpc) is 3.29. The molecule has 7 unspecified atom stereocenters. The second kappa shape index (κ2) is 40.0. The van der Waals surface area contributed by atoms with E-state index < -0.39 is 81.3 Å². The molecule has 65 heavy (non-hydrogen) atoms. The van der Waals surface area contributed by atoms with Gasteiger partial charge in [-0.25, -0.2) is 4.57 Å². The number of aliphatic hydroxyl groups excluding tert-OH is 8. The van der Waals surface area contributed by atoms with Gasteiger partial charge in [0.05, 0.1) is 18.8 Å². The summed E-state index contributed by atoms with van der Waals surface area (Å²) in [6, 6.07) is -1.48. The van der Waals surface area contributed by atoms with Crippen molar-refractivity contribution in [3.05, 3.63) is 0 Å². The Morgan fingerprint density at radius 1 is 0.477 bits per heavy atom. The highest BCUT2D eigenvalue weighted by atomic mass is 31.2. The number of amides is 1. The minimum Gasteiger partial charge on any atom is -0.390 e. The lowest BCUT2D eigenvalue weighted by Crippen LogP contribution is -2.64. The number of rotatable bonds is 45. The number of nitrogens with one attached hydrogen (secondary N) is 1. The van der Waals surface area contributed by atoms with E-state index in [4.69, 9.17) is 9.05 Å². The fraction of sp³-hybridized carbons (Fsp3) is 0.980. The van der Waals surface area contributed by atoms with Gasteiger partial charge in [0.15, 0.2) is 0 Å². The molecule has 1 fully saturated rings. The summed E-state index contributed by atoms with van der Waals surface area (Å²) in [7, 11) is -5.23. The van der Waals surface area contributed by atoms with Gasteiger partial charge in [-0.05, 0) is 12.8 Å². The van der Waals surface area contributed by atoms with E-state index >= 15 is 0 Å². The molecule has 0 aromatic carbocycles. The summed E-state index contributed by atoms with van der Waals surface area (Å²) in [5.41, 5.74) is 0. The van der Waals surface area contributed by atoms with Gasteiger partial charge in [0.25, 0.3) is 0 Å². The zero-order chi connectivity index (χ0) is 48.1. The van der Waals surface area contributed by atoms with Crippen LogP contribution in [0.3, 0.4) is 0 Å². The second-order valence-electron chi connectivity index (χ2n) is 19.4. The van der Waals surface area contributed by atoms with Gasteiger partial charge < -0.3 is 51.1 Å². The van der Waals surface area contributed by atoms with Crippen molar-refractivity contribution >= 4 is 13.7 Å². The third-order valence-corrected chi connectivity index (χ3v) is 14.4. The van der Waals surface area contributed by atoms with Crippen molar-refractivity contribution in [1.82, 2.24) is 5.32 Å². The van der Waals surface area contributed by atoms with Crippen LogP contribution in [-0.2, 0) is 18.4 Å². The fourth-order valence-corrected chi connectivity index (χ4v) is 9.86. The number of aliphatic hydroxyl groups is 8. The number of hydrogen-bond acceptors (Lipinski definition) is 12. The smallest absolute Gasteiger partial charge is 0.390 e. The van der Waals surface area contributed by atoms with Crippen LogP contribution in [-0.4, -0.2) is 119 Å². The Balaban J connectivity index is 2.48. The molecular formula is C50H100NO13P. The number of carbonyl (C=O) groups excluding carboxylic acids is 1. The van der Waals surface area contributed by atoms with Gasteiger partial charge in [0, 0.05) is 0 Å². The first kappa shape index (κ1) is 62.3. The van der Waals surface area contributed by atoms with Crippen molar-refractivity contribution in [2.45, 2.75) is 306 Å². The van der Waals surface area contributed by atoms with Gasteiger partial charge in [-0.3, -0.25) is 13.8 Å². The topological polar surface area (TPSA) is 247 Å². The Bertz CT molecular complexity index is 1140. The molecule has 11 atom stereocenters. The number of phosphoric acid groups is 1. The second-order valence-corrected chi connectivity index (χ2v) is 20.8. The maximum absolute atomic E-state index is 13.1. The van der Waals surface area contributed by atoms with Crippen molar-refractivity contribution in [3.63, 3.8) is 0 Å². The number of hydrogen-bond donors (Lipinski definition) is 10. The van der Waals surface area contributed by atoms with E-state index in [1.165, 1.54) is 154 Å². The summed E-state index contributed by atoms with van der Waals surface area (Å²) in [6.07, 6.45) is 24.6. The fourth-order valence-electron chi connectivity index (χ4n) is 8.90. The van der Waals surface area contributed by atoms with Crippen LogP contribution in [0.1, 0.15) is 245 Å². The molecule has 14 nitrogen and oxygen atoms in total. The van der Waals surface area contributed by atoms with E-state index in [0.29, 0.717) is 12.8 Å². The van der Waals surface area contributed by atoms with Crippen LogP contribution in [0.4, 0.5) is 0 Å². The van der Waals surface area contributed by atoms with Crippen LogP contribution < -0.4 is 5.32 Å². The minimum absolute atomic E-state index is 0.158. The van der Waals surface area contributed by atoms with Gasteiger partial charge >= 0.3 is 7.82 Å². The quantitative estimate of drug-likeness (QED) is 0.0203. The molecule has 0 aliphatic heterocycles. The summed E-state index contributed by atoms with van der Waals surface area (Å²) in [4.78, 5) is 23.6. The van der Waals surface area contributed by atoms with E-state index in [2.05, 4.69) is 19.2 Å². The van der Waals surface area contributed by atoms with Crippen molar-refractivity contribution < 1.29 is 64.2 Å². The Labute approximate surface area is 394 Å². The molecule has 0 bridgehead atoms. The minimum atomic E-state index is -5.23. The zero-order valence-corrected chi connectivity index (χ0v) is 41.9. The van der Waals surface area contributed by atoms with Gasteiger partial charge in [0.1, 0.15) is 48.8 Å². The number of phosphoric ester groups is 1. The van der Waals surface area contributed by atoms with Crippen LogP contribution in [0.15, 0.2) is 0 Å². The Morgan fingerprint density at radius 3 is 1.11 bits per heavy atom. The van der Waals surface area contributed by atoms with E-state index in [-0.39, 0.29) is 12.8 Å². The molecule has 0 aromatic rings. The predicted molar refractivity (Wildman–Crippen MR) is 258 cm³/mol.